The normalized spacial score (nSPS) is 21.6. The molecule has 0 spiro atoms. The highest BCUT2D eigenvalue weighted by Gasteiger charge is 2.61. The zero-order valence-electron chi connectivity index (χ0n) is 19.8. The van der Waals surface area contributed by atoms with Gasteiger partial charge in [0, 0.05) is 41.4 Å². The summed E-state index contributed by atoms with van der Waals surface area (Å²) in [7, 11) is 0. The maximum Gasteiger partial charge on any atom is 0.252 e. The number of aromatic nitrogens is 1. The molecule has 2 heterocycles. The Morgan fingerprint density at radius 1 is 1.16 bits per heavy atom. The molecule has 7 nitrogen and oxygen atoms in total. The average molecular weight is 563 g/mol. The van der Waals surface area contributed by atoms with E-state index in [4.69, 9.17) is 11.6 Å². The molecule has 1 aromatic heterocycles. The van der Waals surface area contributed by atoms with Crippen molar-refractivity contribution >= 4 is 52.2 Å². The molecule has 2 aliphatic rings. The Balaban J connectivity index is 1.65. The van der Waals surface area contributed by atoms with Crippen molar-refractivity contribution in [2.45, 2.75) is 49.1 Å². The van der Waals surface area contributed by atoms with E-state index in [1.165, 1.54) is 46.0 Å². The molecule has 38 heavy (non-hydrogen) atoms. The van der Waals surface area contributed by atoms with Crippen LogP contribution in [0.5, 0.6) is 0 Å². The van der Waals surface area contributed by atoms with Crippen LogP contribution in [0.3, 0.4) is 0 Å². The van der Waals surface area contributed by atoms with Crippen molar-refractivity contribution < 1.29 is 27.6 Å². The van der Waals surface area contributed by atoms with Crippen LogP contribution >= 0.6 is 22.9 Å². The smallest absolute Gasteiger partial charge is 0.252 e. The van der Waals surface area contributed by atoms with E-state index in [0.29, 0.717) is 0 Å². The van der Waals surface area contributed by atoms with Crippen molar-refractivity contribution in [3.8, 4) is 0 Å². The van der Waals surface area contributed by atoms with Crippen LogP contribution in [0.2, 0.25) is 5.02 Å². The summed E-state index contributed by atoms with van der Waals surface area (Å²) in [4.78, 5) is 46.8. The largest absolute Gasteiger partial charge is 0.352 e. The molecule has 1 saturated carbocycles. The Hall–Kier alpha value is -3.44. The maximum absolute atomic E-state index is 14.2. The van der Waals surface area contributed by atoms with E-state index < -0.39 is 59.8 Å². The Labute approximate surface area is 225 Å². The molecular formula is C26H22ClF3N4O3S. The molecule has 3 aromatic rings. The molecule has 3 amide bonds. The monoisotopic (exact) mass is 562 g/mol. The lowest BCUT2D eigenvalue weighted by Crippen LogP contribution is -2.63. The van der Waals surface area contributed by atoms with Crippen LogP contribution in [0.25, 0.3) is 0 Å². The molecule has 2 N–H and O–H groups in total. The molecule has 2 aromatic carbocycles. The number of halogens is 4. The molecule has 2 fully saturated rings. The minimum atomic E-state index is -2.89. The van der Waals surface area contributed by atoms with Crippen molar-refractivity contribution in [1.82, 2.24) is 10.3 Å². The number of benzene rings is 2. The van der Waals surface area contributed by atoms with Gasteiger partial charge in [0.15, 0.2) is 0 Å². The summed E-state index contributed by atoms with van der Waals surface area (Å²) < 4.78 is 41.1. The van der Waals surface area contributed by atoms with Crippen LogP contribution < -0.4 is 15.5 Å². The predicted molar refractivity (Wildman–Crippen MR) is 137 cm³/mol. The number of nitrogens with zero attached hydrogens (tertiary/aromatic N) is 2. The topological polar surface area (TPSA) is 91.4 Å². The molecule has 1 aliphatic heterocycles. The molecule has 0 radical (unpaired) electrons. The second-order valence-corrected chi connectivity index (χ2v) is 10.5. The van der Waals surface area contributed by atoms with Gasteiger partial charge in [-0.05, 0) is 36.2 Å². The van der Waals surface area contributed by atoms with Crippen LogP contribution in [0.15, 0.2) is 59.4 Å². The SMILES string of the molecule is O=C(NC1CC(F)(F)C1)[C@@H](c1ccccc1Cl)C1(C(=O)Nc2cccc(F)c2)CCC(=O)N1c1cscn1. The van der Waals surface area contributed by atoms with E-state index >= 15 is 0 Å². The van der Waals surface area contributed by atoms with Gasteiger partial charge >= 0.3 is 0 Å². The lowest BCUT2D eigenvalue weighted by Gasteiger charge is -2.43. The molecule has 1 aliphatic carbocycles. The first-order valence-electron chi connectivity index (χ1n) is 11.8. The summed E-state index contributed by atoms with van der Waals surface area (Å²) in [6.45, 7) is 0. The summed E-state index contributed by atoms with van der Waals surface area (Å²) in [6.07, 6.45) is -1.27. The molecule has 1 saturated heterocycles. The zero-order chi connectivity index (χ0) is 27.1. The lowest BCUT2D eigenvalue weighted by molar-refractivity contribution is -0.136. The van der Waals surface area contributed by atoms with Gasteiger partial charge in [0.05, 0.1) is 11.4 Å². The molecular weight excluding hydrogens is 541 g/mol. The average Bonchev–Trinajstić information content (AvgIpc) is 3.48. The molecule has 5 rings (SSSR count). The highest BCUT2D eigenvalue weighted by molar-refractivity contribution is 7.07. The number of thiazole rings is 1. The summed E-state index contributed by atoms with van der Waals surface area (Å²) in [6, 6.07) is 10.8. The van der Waals surface area contributed by atoms with E-state index in [0.717, 1.165) is 6.07 Å². The first-order chi connectivity index (χ1) is 18.1. The molecule has 12 heteroatoms. The molecule has 0 bridgehead atoms. The summed E-state index contributed by atoms with van der Waals surface area (Å²) in [5.74, 6) is -6.67. The van der Waals surface area contributed by atoms with Gasteiger partial charge in [0.25, 0.3) is 11.8 Å². The van der Waals surface area contributed by atoms with Gasteiger partial charge in [-0.1, -0.05) is 35.9 Å². The van der Waals surface area contributed by atoms with Crippen molar-refractivity contribution in [3.63, 3.8) is 0 Å². The second-order valence-electron chi connectivity index (χ2n) is 9.39. The van der Waals surface area contributed by atoms with E-state index in [9.17, 15) is 27.6 Å². The fraction of sp³-hybridized carbons (Fsp3) is 0.308. The van der Waals surface area contributed by atoms with Gasteiger partial charge in [-0.3, -0.25) is 19.3 Å². The first-order valence-corrected chi connectivity index (χ1v) is 13.1. The number of anilines is 2. The van der Waals surface area contributed by atoms with Crippen LogP contribution in [0.4, 0.5) is 24.7 Å². The first kappa shape index (κ1) is 26.2. The number of carbonyl (C=O) groups excluding carboxylic acids is 3. The van der Waals surface area contributed by atoms with Crippen molar-refractivity contribution in [2.75, 3.05) is 10.2 Å². The highest BCUT2D eigenvalue weighted by atomic mass is 35.5. The van der Waals surface area contributed by atoms with Crippen LogP contribution in [-0.4, -0.2) is 40.2 Å². The summed E-state index contributed by atoms with van der Waals surface area (Å²) in [5, 5.41) is 7.02. The number of rotatable bonds is 7. The Kier molecular flexibility index (Phi) is 6.91. The van der Waals surface area contributed by atoms with Gasteiger partial charge in [-0.15, -0.1) is 11.3 Å². The molecule has 1 unspecified atom stereocenters. The van der Waals surface area contributed by atoms with E-state index in [1.807, 2.05) is 0 Å². The van der Waals surface area contributed by atoms with Crippen molar-refractivity contribution in [2.24, 2.45) is 0 Å². The summed E-state index contributed by atoms with van der Waals surface area (Å²) >= 11 is 7.72. The lowest BCUT2D eigenvalue weighted by atomic mass is 9.74. The predicted octanol–water partition coefficient (Wildman–Crippen LogP) is 5.14. The second kappa shape index (κ2) is 10.0. The Morgan fingerprint density at radius 3 is 2.58 bits per heavy atom. The Bertz CT molecular complexity index is 1380. The van der Waals surface area contributed by atoms with Crippen molar-refractivity contribution in [3.05, 3.63) is 75.8 Å². The van der Waals surface area contributed by atoms with Crippen LogP contribution in [-0.2, 0) is 14.4 Å². The fourth-order valence-electron chi connectivity index (χ4n) is 5.19. The Morgan fingerprint density at radius 2 is 1.92 bits per heavy atom. The quantitative estimate of drug-likeness (QED) is 0.417. The van der Waals surface area contributed by atoms with Gasteiger partial charge in [-0.2, -0.15) is 0 Å². The van der Waals surface area contributed by atoms with Gasteiger partial charge in [-0.25, -0.2) is 18.2 Å². The van der Waals surface area contributed by atoms with Crippen molar-refractivity contribution in [1.29, 1.82) is 0 Å². The molecule has 2 atom stereocenters. The number of carbonyl (C=O) groups is 3. The maximum atomic E-state index is 14.2. The third-order valence-electron chi connectivity index (χ3n) is 6.88. The highest BCUT2D eigenvalue weighted by Crippen LogP contribution is 2.48. The van der Waals surface area contributed by atoms with Crippen LogP contribution in [0.1, 0.15) is 37.2 Å². The third-order valence-corrected chi connectivity index (χ3v) is 7.80. The van der Waals surface area contributed by atoms with E-state index in [2.05, 4.69) is 15.6 Å². The van der Waals surface area contributed by atoms with Gasteiger partial charge in [0.1, 0.15) is 17.2 Å². The standard InChI is InChI=1S/C26H22ClF3N4O3S/c27-19-7-2-1-6-18(19)22(23(36)32-17-11-25(29,30)12-17)26(24(37)33-16-5-3-4-15(28)10-16)9-8-21(35)34(26)20-13-38-14-31-20/h1-7,10,13-14,17,22H,8-9,11-12H2,(H,32,36)(H,33,37)/t22-,26?/m1/s1. The number of amides is 3. The van der Waals surface area contributed by atoms with Crippen LogP contribution in [0, 0.1) is 5.82 Å². The summed E-state index contributed by atoms with van der Waals surface area (Å²) in [5.41, 5.74) is -0.0540. The number of nitrogens with one attached hydrogen (secondary N) is 2. The number of hydrogen-bond acceptors (Lipinski definition) is 5. The van der Waals surface area contributed by atoms with Gasteiger partial charge in [0.2, 0.25) is 11.8 Å². The van der Waals surface area contributed by atoms with Gasteiger partial charge < -0.3 is 10.6 Å². The molecule has 198 valence electrons. The van der Waals surface area contributed by atoms with E-state index in [-0.39, 0.29) is 34.9 Å². The zero-order valence-corrected chi connectivity index (χ0v) is 21.4. The fourth-order valence-corrected chi connectivity index (χ4v) is 5.95. The number of hydrogen-bond donors (Lipinski definition) is 2. The minimum absolute atomic E-state index is 0.0934. The number of alkyl halides is 2. The van der Waals surface area contributed by atoms with E-state index in [1.54, 1.807) is 23.6 Å². The third kappa shape index (κ3) is 4.76. The minimum Gasteiger partial charge on any atom is -0.352 e.